The molecule has 0 unspecified atom stereocenters. The molecule has 0 radical (unpaired) electrons. The third-order valence-corrected chi connectivity index (χ3v) is 8.33. The van der Waals surface area contributed by atoms with Gasteiger partial charge in [0.2, 0.25) is 0 Å². The van der Waals surface area contributed by atoms with E-state index in [4.69, 9.17) is 4.52 Å². The van der Waals surface area contributed by atoms with Crippen LogP contribution in [0.2, 0.25) is 0 Å². The van der Waals surface area contributed by atoms with Crippen molar-refractivity contribution < 1.29 is 14.3 Å². The first-order valence-corrected chi connectivity index (χ1v) is 15.0. The van der Waals surface area contributed by atoms with Crippen LogP contribution < -0.4 is 0 Å². The second kappa shape index (κ2) is 10.9. The fraction of sp³-hybridized carbons (Fsp3) is 0.625. The summed E-state index contributed by atoms with van der Waals surface area (Å²) in [6.45, 7) is 22.4. The molecule has 3 nitrogen and oxygen atoms in total. The predicted molar refractivity (Wildman–Crippen MR) is 154 cm³/mol. The van der Waals surface area contributed by atoms with Crippen molar-refractivity contribution in [3.05, 3.63) is 68.8 Å². The van der Waals surface area contributed by atoms with Gasteiger partial charge < -0.3 is 9.79 Å². The highest BCUT2D eigenvalue weighted by atomic mass is 31.2. The third kappa shape index (κ3) is 5.75. The topological polar surface area (TPSA) is 49.7 Å². The van der Waals surface area contributed by atoms with Crippen LogP contribution in [0.4, 0.5) is 0 Å². The van der Waals surface area contributed by atoms with E-state index in [0.29, 0.717) is 0 Å². The quantitative estimate of drug-likeness (QED) is 0.274. The molecule has 0 heterocycles. The Bertz CT molecular complexity index is 1000. The van der Waals surface area contributed by atoms with Gasteiger partial charge in [-0.1, -0.05) is 116 Å². The van der Waals surface area contributed by atoms with Crippen LogP contribution in [0, 0.1) is 13.8 Å². The molecular formula is C32H49O3P. The number of unbranched alkanes of at least 4 members (excludes halogenated alkanes) is 4. The number of hydrogen-bond donors (Lipinski definition) is 2. The minimum Gasteiger partial charge on any atom is -0.328 e. The minimum absolute atomic E-state index is 0.121. The normalized spacial score (nSPS) is 20.0. The van der Waals surface area contributed by atoms with Crippen LogP contribution >= 0.6 is 8.60 Å². The first-order valence-electron chi connectivity index (χ1n) is 13.8. The zero-order valence-electron chi connectivity index (χ0n) is 24.4. The molecule has 0 bridgehead atoms. The van der Waals surface area contributed by atoms with Crippen molar-refractivity contribution in [3.63, 3.8) is 0 Å². The molecule has 0 amide bonds. The first kappa shape index (κ1) is 29.3. The summed E-state index contributed by atoms with van der Waals surface area (Å²) in [5.74, 6) is 0.192. The lowest BCUT2D eigenvalue weighted by Gasteiger charge is -2.48. The standard InChI is InChI=1S/C32H49O3P/c1-11-12-13-14-15-16-32(35-36(33)34)28-24(17-21(2)19-26(28)30(5,6)7)23(4)25-18-22(3)20-27(29(25)32)31(8,9)10/h17-20,23,33-34H,11-16H2,1-10H3. The van der Waals surface area contributed by atoms with Crippen molar-refractivity contribution in [2.24, 2.45) is 0 Å². The third-order valence-electron chi connectivity index (χ3n) is 7.85. The first-order chi connectivity index (χ1) is 16.6. The summed E-state index contributed by atoms with van der Waals surface area (Å²) in [6, 6.07) is 9.22. The zero-order valence-corrected chi connectivity index (χ0v) is 25.3. The second-order valence-corrected chi connectivity index (χ2v) is 13.8. The van der Waals surface area contributed by atoms with Crippen LogP contribution in [0.5, 0.6) is 0 Å². The molecule has 0 fully saturated rings. The van der Waals surface area contributed by atoms with Crippen LogP contribution in [-0.4, -0.2) is 9.79 Å². The smallest absolute Gasteiger partial charge is 0.328 e. The molecular weight excluding hydrogens is 463 g/mol. The Balaban J connectivity index is 2.46. The number of aryl methyl sites for hydroxylation is 2. The molecule has 0 atom stereocenters. The van der Waals surface area contributed by atoms with Crippen LogP contribution in [0.15, 0.2) is 24.3 Å². The predicted octanol–water partition coefficient (Wildman–Crippen LogP) is 9.20. The molecule has 2 aromatic rings. The van der Waals surface area contributed by atoms with E-state index in [9.17, 15) is 9.79 Å². The van der Waals surface area contributed by atoms with Crippen LogP contribution in [0.25, 0.3) is 0 Å². The monoisotopic (exact) mass is 512 g/mol. The highest BCUT2D eigenvalue weighted by Gasteiger charge is 2.50. The largest absolute Gasteiger partial charge is 0.328 e. The SMILES string of the molecule is CCCCCCCC1(OP(O)O)c2c(cc(C)cc2C(C)(C)C)C(C)c2cc(C)cc(C(C)(C)C)c21. The second-order valence-electron chi connectivity index (χ2n) is 13.1. The van der Waals surface area contributed by atoms with E-state index in [-0.39, 0.29) is 16.7 Å². The van der Waals surface area contributed by atoms with Gasteiger partial charge >= 0.3 is 8.60 Å². The van der Waals surface area contributed by atoms with E-state index in [2.05, 4.69) is 93.5 Å². The van der Waals surface area contributed by atoms with Gasteiger partial charge in [0.25, 0.3) is 0 Å². The lowest BCUT2D eigenvalue weighted by Crippen LogP contribution is -2.41. The summed E-state index contributed by atoms with van der Waals surface area (Å²) in [7, 11) is -2.57. The van der Waals surface area contributed by atoms with E-state index in [1.165, 1.54) is 63.8 Å². The van der Waals surface area contributed by atoms with Crippen molar-refractivity contribution in [3.8, 4) is 0 Å². The Morgan fingerprint density at radius 2 is 1.22 bits per heavy atom. The fourth-order valence-electron chi connectivity index (χ4n) is 6.19. The molecule has 1 aliphatic rings. The van der Waals surface area contributed by atoms with E-state index in [1.807, 2.05) is 0 Å². The summed E-state index contributed by atoms with van der Waals surface area (Å²) in [5.41, 5.74) is 8.71. The molecule has 200 valence electrons. The van der Waals surface area contributed by atoms with Gasteiger partial charge in [-0.3, -0.25) is 4.52 Å². The molecule has 0 saturated carbocycles. The number of benzene rings is 2. The maximum atomic E-state index is 10.5. The molecule has 0 aliphatic heterocycles. The van der Waals surface area contributed by atoms with Gasteiger partial charge in [0.15, 0.2) is 0 Å². The lowest BCUT2D eigenvalue weighted by atomic mass is 9.61. The van der Waals surface area contributed by atoms with Gasteiger partial charge in [0, 0.05) is 5.92 Å². The maximum absolute atomic E-state index is 10.5. The van der Waals surface area contributed by atoms with E-state index in [0.717, 1.165) is 19.3 Å². The van der Waals surface area contributed by atoms with Gasteiger partial charge in [-0.05, 0) is 70.9 Å². The van der Waals surface area contributed by atoms with E-state index in [1.54, 1.807) is 0 Å². The van der Waals surface area contributed by atoms with Crippen LogP contribution in [0.3, 0.4) is 0 Å². The number of rotatable bonds is 8. The number of fused-ring (bicyclic) bond motifs is 2. The average molecular weight is 513 g/mol. The van der Waals surface area contributed by atoms with Crippen molar-refractivity contribution >= 4 is 8.60 Å². The summed E-state index contributed by atoms with van der Waals surface area (Å²) in [4.78, 5) is 21.0. The summed E-state index contributed by atoms with van der Waals surface area (Å²) in [5, 5.41) is 0. The molecule has 0 aromatic heterocycles. The van der Waals surface area contributed by atoms with Crippen molar-refractivity contribution in [1.29, 1.82) is 0 Å². The molecule has 3 rings (SSSR count). The Hall–Kier alpha value is -1.25. The Labute approximate surface area is 221 Å². The Morgan fingerprint density at radius 1 is 0.778 bits per heavy atom. The van der Waals surface area contributed by atoms with E-state index < -0.39 is 14.2 Å². The van der Waals surface area contributed by atoms with Crippen molar-refractivity contribution in [2.45, 2.75) is 130 Å². The van der Waals surface area contributed by atoms with Crippen molar-refractivity contribution in [1.82, 2.24) is 0 Å². The zero-order chi connectivity index (χ0) is 27.1. The Kier molecular flexibility index (Phi) is 8.84. The molecule has 36 heavy (non-hydrogen) atoms. The van der Waals surface area contributed by atoms with Gasteiger partial charge in [-0.2, -0.15) is 0 Å². The molecule has 4 heteroatoms. The van der Waals surface area contributed by atoms with Crippen LogP contribution in [0.1, 0.15) is 144 Å². The van der Waals surface area contributed by atoms with Gasteiger partial charge in [-0.25, -0.2) is 0 Å². The average Bonchev–Trinajstić information content (AvgIpc) is 2.74. The maximum Gasteiger partial charge on any atom is 0.328 e. The van der Waals surface area contributed by atoms with E-state index >= 15 is 0 Å². The number of hydrogen-bond acceptors (Lipinski definition) is 3. The molecule has 2 N–H and O–H groups in total. The summed E-state index contributed by atoms with van der Waals surface area (Å²) >= 11 is 0. The highest BCUT2D eigenvalue weighted by molar-refractivity contribution is 7.39. The van der Waals surface area contributed by atoms with Gasteiger partial charge in [0.1, 0.15) is 5.60 Å². The molecule has 0 saturated heterocycles. The molecule has 2 aromatic carbocycles. The van der Waals surface area contributed by atoms with Crippen molar-refractivity contribution in [2.75, 3.05) is 0 Å². The Morgan fingerprint density at radius 3 is 1.61 bits per heavy atom. The summed E-state index contributed by atoms with van der Waals surface area (Å²) < 4.78 is 6.51. The van der Waals surface area contributed by atoms with Gasteiger partial charge in [0.05, 0.1) is 0 Å². The van der Waals surface area contributed by atoms with Crippen LogP contribution in [-0.2, 0) is 21.0 Å². The summed E-state index contributed by atoms with van der Waals surface area (Å²) in [6.07, 6.45) is 6.44. The molecule has 0 spiro atoms. The lowest BCUT2D eigenvalue weighted by molar-refractivity contribution is 0.0708. The highest BCUT2D eigenvalue weighted by Crippen LogP contribution is 2.59. The minimum atomic E-state index is -2.57. The van der Waals surface area contributed by atoms with Gasteiger partial charge in [-0.15, -0.1) is 0 Å². The molecule has 1 aliphatic carbocycles. The fourth-order valence-corrected chi connectivity index (χ4v) is 6.75.